The minimum atomic E-state index is -0.651. The van der Waals surface area contributed by atoms with E-state index in [4.69, 9.17) is 0 Å². The Hall–Kier alpha value is -6.90. The zero-order valence-corrected chi connectivity index (χ0v) is 39.3. The fraction of sp³-hybridized carbons (Fsp3) is 0.194. The summed E-state index contributed by atoms with van der Waals surface area (Å²) in [5.74, 6) is 0. The number of anilines is 6. The van der Waals surface area contributed by atoms with E-state index >= 15 is 0 Å². The highest BCUT2D eigenvalue weighted by atomic mass is 15.1. The van der Waals surface area contributed by atoms with Crippen molar-refractivity contribution in [3.05, 3.63) is 234 Å². The van der Waals surface area contributed by atoms with E-state index in [-0.39, 0.29) is 0 Å². The van der Waals surface area contributed by atoms with E-state index in [0.717, 1.165) is 34.1 Å². The van der Waals surface area contributed by atoms with Gasteiger partial charge in [0.25, 0.3) is 0 Å². The van der Waals surface area contributed by atoms with Crippen LogP contribution < -0.4 is 9.80 Å². The Morgan fingerprint density at radius 3 is 1.05 bits per heavy atom. The molecule has 1 spiro atoms. The molecule has 0 radical (unpaired) electrons. The van der Waals surface area contributed by atoms with Crippen LogP contribution in [0.25, 0.3) is 23.3 Å². The van der Waals surface area contributed by atoms with Crippen LogP contribution in [0, 0.1) is 76.2 Å². The van der Waals surface area contributed by atoms with Gasteiger partial charge in [-0.2, -0.15) is 0 Å². The molecule has 0 aliphatic heterocycles. The van der Waals surface area contributed by atoms with E-state index in [9.17, 15) is 0 Å². The van der Waals surface area contributed by atoms with Gasteiger partial charge in [-0.1, -0.05) is 78.9 Å². The third kappa shape index (κ3) is 6.37. The number of benzene rings is 8. The van der Waals surface area contributed by atoms with E-state index in [1.165, 1.54) is 106 Å². The highest BCUT2D eigenvalue weighted by molar-refractivity contribution is 5.96. The van der Waals surface area contributed by atoms with Crippen LogP contribution in [-0.4, -0.2) is 0 Å². The Morgan fingerprint density at radius 1 is 0.297 bits per heavy atom. The monoisotopic (exact) mass is 830 g/mol. The average Bonchev–Trinajstić information content (AvgIpc) is 3.50. The Morgan fingerprint density at radius 2 is 0.656 bits per heavy atom. The van der Waals surface area contributed by atoms with Gasteiger partial charge in [-0.3, -0.25) is 0 Å². The first kappa shape index (κ1) is 41.1. The first-order valence-corrected chi connectivity index (χ1v) is 22.8. The third-order valence-electron chi connectivity index (χ3n) is 14.9. The molecule has 0 saturated heterocycles. The van der Waals surface area contributed by atoms with Crippen molar-refractivity contribution in [3.63, 3.8) is 0 Å². The van der Waals surface area contributed by atoms with E-state index < -0.39 is 5.41 Å². The van der Waals surface area contributed by atoms with Crippen molar-refractivity contribution < 1.29 is 0 Å². The lowest BCUT2D eigenvalue weighted by Crippen LogP contribution is -2.31. The lowest BCUT2D eigenvalue weighted by molar-refractivity contribution is 0.764. The predicted octanol–water partition coefficient (Wildman–Crippen LogP) is 16.9. The van der Waals surface area contributed by atoms with Crippen LogP contribution >= 0.6 is 0 Å². The summed E-state index contributed by atoms with van der Waals surface area (Å²) in [6.07, 6.45) is 4.73. The standard InChI is InChI=1S/C62H58N2/c1-37-13-12-14-50(31-37)63(51-24-15-38(2)43(7)32-51)54-27-22-48-20-21-49-23-28-55(64(52-25-16-39(3)44(8)33-52)53-26-17-40(4)45(9)34-53)36-59(49)62(58(48)35-54)56-29-18-41(5)46(10)60(56)61-47(11)42(6)19-30-57(61)62/h12-36H,1-11H3. The summed E-state index contributed by atoms with van der Waals surface area (Å²) in [5.41, 5.74) is 30.9. The second-order valence-corrected chi connectivity index (χ2v) is 18.8. The molecular formula is C62H58N2. The zero-order valence-electron chi connectivity index (χ0n) is 39.3. The highest BCUT2D eigenvalue weighted by Crippen LogP contribution is 2.61. The molecule has 8 aromatic rings. The van der Waals surface area contributed by atoms with Crippen molar-refractivity contribution in [3.8, 4) is 11.1 Å². The molecule has 0 saturated carbocycles. The maximum Gasteiger partial charge on any atom is 0.0726 e. The largest absolute Gasteiger partial charge is 0.310 e. The normalized spacial score (nSPS) is 13.0. The molecule has 0 heterocycles. The number of fused-ring (bicyclic) bond motifs is 9. The van der Waals surface area contributed by atoms with Crippen LogP contribution in [0.2, 0.25) is 0 Å². The average molecular weight is 831 g/mol. The van der Waals surface area contributed by atoms with E-state index in [1.54, 1.807) is 0 Å². The smallest absolute Gasteiger partial charge is 0.0726 e. The van der Waals surface area contributed by atoms with Crippen LogP contribution in [0.3, 0.4) is 0 Å². The fourth-order valence-corrected chi connectivity index (χ4v) is 10.5. The molecule has 2 aliphatic carbocycles. The van der Waals surface area contributed by atoms with Crippen LogP contribution in [-0.2, 0) is 5.41 Å². The SMILES string of the molecule is Cc1cccc(N(c2ccc(C)c(C)c2)c2ccc3c(c2)C2(c4cc(N(c5ccc(C)c(C)c5)c5ccc(C)c(C)c5)ccc4C=C3)c3ccc(C)c(C)c3-c3c2ccc(C)c3C)c1. The summed E-state index contributed by atoms with van der Waals surface area (Å²) in [7, 11) is 0. The molecule has 0 amide bonds. The maximum absolute atomic E-state index is 2.52. The Labute approximate surface area is 381 Å². The molecule has 64 heavy (non-hydrogen) atoms. The van der Waals surface area contributed by atoms with E-state index in [1.807, 2.05) is 0 Å². The molecule has 0 aromatic heterocycles. The molecule has 8 aromatic carbocycles. The Bertz CT molecular complexity index is 3140. The van der Waals surface area contributed by atoms with E-state index in [0.29, 0.717) is 0 Å². The molecule has 10 rings (SSSR count). The molecule has 2 nitrogen and oxygen atoms in total. The lowest BCUT2D eigenvalue weighted by atomic mass is 9.65. The van der Waals surface area contributed by atoms with Crippen molar-refractivity contribution >= 4 is 46.3 Å². The fourth-order valence-electron chi connectivity index (χ4n) is 10.5. The summed E-state index contributed by atoms with van der Waals surface area (Å²) in [6.45, 7) is 24.7. The summed E-state index contributed by atoms with van der Waals surface area (Å²) < 4.78 is 0. The second-order valence-electron chi connectivity index (χ2n) is 18.8. The molecule has 0 unspecified atom stereocenters. The first-order valence-electron chi connectivity index (χ1n) is 22.8. The molecule has 2 aliphatic rings. The van der Waals surface area contributed by atoms with Crippen LogP contribution in [0.4, 0.5) is 34.1 Å². The lowest BCUT2D eigenvalue weighted by Gasteiger charge is -2.38. The van der Waals surface area contributed by atoms with Gasteiger partial charge >= 0.3 is 0 Å². The topological polar surface area (TPSA) is 6.48 Å². The van der Waals surface area contributed by atoms with Crippen molar-refractivity contribution in [2.75, 3.05) is 9.80 Å². The molecule has 2 heteroatoms. The van der Waals surface area contributed by atoms with Gasteiger partial charge in [-0.25, -0.2) is 0 Å². The van der Waals surface area contributed by atoms with Gasteiger partial charge in [0.15, 0.2) is 0 Å². The van der Waals surface area contributed by atoms with Crippen LogP contribution in [0.15, 0.2) is 140 Å². The van der Waals surface area contributed by atoms with Crippen molar-refractivity contribution in [1.29, 1.82) is 0 Å². The third-order valence-corrected chi connectivity index (χ3v) is 14.9. The summed E-state index contributed by atoms with van der Waals surface area (Å²) in [4.78, 5) is 4.92. The Balaban J connectivity index is 1.33. The van der Waals surface area contributed by atoms with Crippen LogP contribution in [0.5, 0.6) is 0 Å². The highest BCUT2D eigenvalue weighted by Gasteiger charge is 2.50. The van der Waals surface area contributed by atoms with Crippen molar-refractivity contribution in [1.82, 2.24) is 0 Å². The summed E-state index contributed by atoms with van der Waals surface area (Å²) in [5, 5.41) is 0. The van der Waals surface area contributed by atoms with Gasteiger partial charge in [-0.05, 0) is 255 Å². The first-order chi connectivity index (χ1) is 30.8. The number of nitrogens with zero attached hydrogens (tertiary/aromatic N) is 2. The van der Waals surface area contributed by atoms with E-state index in [2.05, 4.69) is 238 Å². The van der Waals surface area contributed by atoms with Gasteiger partial charge in [0, 0.05) is 34.1 Å². The quantitative estimate of drug-likeness (QED) is 0.165. The molecule has 0 bridgehead atoms. The predicted molar refractivity (Wildman–Crippen MR) is 274 cm³/mol. The van der Waals surface area contributed by atoms with Crippen molar-refractivity contribution in [2.24, 2.45) is 0 Å². The van der Waals surface area contributed by atoms with Gasteiger partial charge in [0.05, 0.1) is 5.41 Å². The summed E-state index contributed by atoms with van der Waals surface area (Å²) >= 11 is 0. The minimum Gasteiger partial charge on any atom is -0.310 e. The number of hydrogen-bond acceptors (Lipinski definition) is 2. The number of hydrogen-bond donors (Lipinski definition) is 0. The molecule has 0 atom stereocenters. The maximum atomic E-state index is 2.52. The molecule has 316 valence electrons. The van der Waals surface area contributed by atoms with Gasteiger partial charge in [0.2, 0.25) is 0 Å². The van der Waals surface area contributed by atoms with Gasteiger partial charge < -0.3 is 9.80 Å². The second kappa shape index (κ2) is 15.4. The Kier molecular flexibility index (Phi) is 9.91. The molecule has 0 fully saturated rings. The van der Waals surface area contributed by atoms with Gasteiger partial charge in [0.1, 0.15) is 0 Å². The zero-order chi connectivity index (χ0) is 44.8. The van der Waals surface area contributed by atoms with Gasteiger partial charge in [-0.15, -0.1) is 0 Å². The number of rotatable bonds is 6. The van der Waals surface area contributed by atoms with Crippen molar-refractivity contribution in [2.45, 2.75) is 81.6 Å². The minimum absolute atomic E-state index is 0.651. The number of aryl methyl sites for hydroxylation is 9. The molecule has 0 N–H and O–H groups in total. The van der Waals surface area contributed by atoms with Crippen LogP contribution in [0.1, 0.15) is 94.6 Å². The summed E-state index contributed by atoms with van der Waals surface area (Å²) in [6, 6.07) is 53.7. The molecular weight excluding hydrogens is 773 g/mol.